The summed E-state index contributed by atoms with van der Waals surface area (Å²) in [5.41, 5.74) is 0.307. The summed E-state index contributed by atoms with van der Waals surface area (Å²) in [6.07, 6.45) is 4.50. The zero-order valence-corrected chi connectivity index (χ0v) is 18.9. The number of carbonyl (C=O) groups is 4. The van der Waals surface area contributed by atoms with Crippen molar-refractivity contribution in [3.8, 4) is 0 Å². The third-order valence-electron chi connectivity index (χ3n) is 5.58. The fraction of sp³-hybridized carbons (Fsp3) is 0.217. The molecule has 1 aliphatic heterocycles. The Bertz CT molecular complexity index is 1120. The van der Waals surface area contributed by atoms with Crippen molar-refractivity contribution in [1.82, 2.24) is 10.0 Å². The van der Waals surface area contributed by atoms with E-state index in [1.165, 1.54) is 30.3 Å². The minimum Gasteiger partial charge on any atom is -0.292 e. The minimum absolute atomic E-state index is 0.0218. The molecule has 0 aromatic heterocycles. The van der Waals surface area contributed by atoms with Gasteiger partial charge in [-0.15, -0.1) is 0 Å². The number of halogens is 3. The van der Waals surface area contributed by atoms with Crippen LogP contribution in [0, 0.1) is 11.8 Å². The molecule has 164 valence electrons. The van der Waals surface area contributed by atoms with E-state index in [4.69, 9.17) is 34.8 Å². The van der Waals surface area contributed by atoms with Gasteiger partial charge in [-0.25, -0.2) is 5.01 Å². The second-order valence-electron chi connectivity index (χ2n) is 7.56. The van der Waals surface area contributed by atoms with Crippen LogP contribution in [-0.4, -0.2) is 40.1 Å². The number of carbonyl (C=O) groups excluding carboxylic acids is 4. The van der Waals surface area contributed by atoms with Gasteiger partial charge in [0.15, 0.2) is 5.78 Å². The predicted molar refractivity (Wildman–Crippen MR) is 120 cm³/mol. The molecule has 2 aromatic carbocycles. The predicted octanol–water partition coefficient (Wildman–Crippen LogP) is 4.84. The van der Waals surface area contributed by atoms with Gasteiger partial charge in [-0.05, 0) is 55.3 Å². The summed E-state index contributed by atoms with van der Waals surface area (Å²) in [6, 6.07) is 10.4. The Kier molecular flexibility index (Phi) is 6.38. The lowest BCUT2D eigenvalue weighted by atomic mass is 9.85. The molecule has 1 saturated heterocycles. The second kappa shape index (κ2) is 9.06. The fourth-order valence-electron chi connectivity index (χ4n) is 3.92. The number of hydrogen-bond acceptors (Lipinski definition) is 4. The lowest BCUT2D eigenvalue weighted by Gasteiger charge is -2.30. The molecule has 4 rings (SSSR count). The van der Waals surface area contributed by atoms with Gasteiger partial charge in [0.2, 0.25) is 0 Å². The highest BCUT2D eigenvalue weighted by atomic mass is 35.5. The van der Waals surface area contributed by atoms with E-state index in [0.29, 0.717) is 22.9 Å². The van der Waals surface area contributed by atoms with Crippen molar-refractivity contribution >= 4 is 58.3 Å². The molecule has 6 nitrogen and oxygen atoms in total. The summed E-state index contributed by atoms with van der Waals surface area (Å²) in [7, 11) is 0. The zero-order chi connectivity index (χ0) is 23.0. The first kappa shape index (κ1) is 22.5. The number of fused-ring (bicyclic) bond motifs is 1. The molecule has 1 heterocycles. The number of imide groups is 1. The molecular weight excluding hydrogens is 475 g/mol. The van der Waals surface area contributed by atoms with Gasteiger partial charge < -0.3 is 0 Å². The van der Waals surface area contributed by atoms with Crippen molar-refractivity contribution in [3.05, 3.63) is 80.8 Å². The third-order valence-corrected chi connectivity index (χ3v) is 6.38. The van der Waals surface area contributed by atoms with Crippen molar-refractivity contribution in [2.75, 3.05) is 6.54 Å². The van der Waals surface area contributed by atoms with E-state index in [1.54, 1.807) is 12.1 Å². The maximum absolute atomic E-state index is 13.4. The topological polar surface area (TPSA) is 74.8 Å². The van der Waals surface area contributed by atoms with Crippen molar-refractivity contribution in [1.29, 1.82) is 0 Å². The molecule has 32 heavy (non-hydrogen) atoms. The minimum atomic E-state index is -0.748. The lowest BCUT2D eigenvalue weighted by Crippen LogP contribution is -2.52. The van der Waals surface area contributed by atoms with E-state index in [9.17, 15) is 19.2 Å². The Hall–Kier alpha value is -2.67. The molecule has 1 aliphatic carbocycles. The number of allylic oxidation sites excluding steroid dienone is 2. The first-order valence-corrected chi connectivity index (χ1v) is 11.0. The highest BCUT2D eigenvalue weighted by molar-refractivity contribution is 6.36. The summed E-state index contributed by atoms with van der Waals surface area (Å²) in [6.45, 7) is -0.524. The summed E-state index contributed by atoms with van der Waals surface area (Å²) < 4.78 is 0. The van der Waals surface area contributed by atoms with Crippen LogP contribution in [-0.2, 0) is 9.59 Å². The SMILES string of the molecule is O=C(CN(C(=O)c1ccc(Cl)cc1Cl)N1C(=O)[C@H]2CC=CC[C@H]2C1=O)c1ccc(Cl)cc1. The number of rotatable bonds is 5. The van der Waals surface area contributed by atoms with Crippen LogP contribution < -0.4 is 0 Å². The molecule has 9 heteroatoms. The number of nitrogens with zero attached hydrogens (tertiary/aromatic N) is 2. The van der Waals surface area contributed by atoms with Gasteiger partial charge in [0, 0.05) is 15.6 Å². The smallest absolute Gasteiger partial charge is 0.274 e. The van der Waals surface area contributed by atoms with E-state index in [0.717, 1.165) is 10.0 Å². The maximum Gasteiger partial charge on any atom is 0.274 e. The van der Waals surface area contributed by atoms with Crippen molar-refractivity contribution in [2.24, 2.45) is 11.8 Å². The quantitative estimate of drug-likeness (QED) is 0.341. The molecular formula is C23H17Cl3N2O4. The van der Waals surface area contributed by atoms with E-state index in [-0.39, 0.29) is 16.1 Å². The highest BCUT2D eigenvalue weighted by Crippen LogP contribution is 2.36. The van der Waals surface area contributed by atoms with Crippen LogP contribution in [0.2, 0.25) is 15.1 Å². The average molecular weight is 492 g/mol. The normalized spacial score (nSPS) is 19.8. The molecule has 2 aliphatic rings. The standard InChI is InChI=1S/C23H17Cl3N2O4/c24-14-7-5-13(6-8-14)20(29)12-27(21(30)18-10-9-15(25)11-19(18)26)28-22(31)16-3-1-2-4-17(16)23(28)32/h1-2,5-11,16-17H,3-4,12H2/t16-,17+. The van der Waals surface area contributed by atoms with Gasteiger partial charge in [0.1, 0.15) is 6.54 Å². The van der Waals surface area contributed by atoms with Crippen molar-refractivity contribution < 1.29 is 19.2 Å². The monoisotopic (exact) mass is 490 g/mol. The van der Waals surface area contributed by atoms with E-state index in [2.05, 4.69) is 0 Å². The fourth-order valence-corrected chi connectivity index (χ4v) is 4.53. The summed E-state index contributed by atoms with van der Waals surface area (Å²) in [5, 5.41) is 2.51. The van der Waals surface area contributed by atoms with Gasteiger partial charge in [-0.3, -0.25) is 19.2 Å². The number of benzene rings is 2. The zero-order valence-electron chi connectivity index (χ0n) is 16.6. The van der Waals surface area contributed by atoms with E-state index >= 15 is 0 Å². The Labute approximate surface area is 199 Å². The molecule has 3 amide bonds. The van der Waals surface area contributed by atoms with Crippen LogP contribution in [0.4, 0.5) is 0 Å². The Balaban J connectivity index is 1.71. The van der Waals surface area contributed by atoms with E-state index in [1.807, 2.05) is 12.2 Å². The molecule has 1 fully saturated rings. The number of hydrogen-bond donors (Lipinski definition) is 0. The molecule has 0 N–H and O–H groups in total. The second-order valence-corrected chi connectivity index (χ2v) is 8.84. The van der Waals surface area contributed by atoms with Crippen LogP contribution in [0.15, 0.2) is 54.6 Å². The Morgan fingerprint density at radius 2 is 1.44 bits per heavy atom. The number of amides is 3. The van der Waals surface area contributed by atoms with Crippen LogP contribution >= 0.6 is 34.8 Å². The summed E-state index contributed by atoms with van der Waals surface area (Å²) in [5.74, 6) is -3.35. The van der Waals surface area contributed by atoms with Gasteiger partial charge in [-0.2, -0.15) is 5.01 Å². The third kappa shape index (κ3) is 4.18. The highest BCUT2D eigenvalue weighted by Gasteiger charge is 2.51. The molecule has 0 bridgehead atoms. The van der Waals surface area contributed by atoms with Crippen molar-refractivity contribution in [3.63, 3.8) is 0 Å². The Morgan fingerprint density at radius 3 is 2.00 bits per heavy atom. The Morgan fingerprint density at radius 1 is 0.875 bits per heavy atom. The van der Waals surface area contributed by atoms with Gasteiger partial charge in [0.25, 0.3) is 17.7 Å². The summed E-state index contributed by atoms with van der Waals surface area (Å²) >= 11 is 18.0. The maximum atomic E-state index is 13.4. The van der Waals surface area contributed by atoms with Gasteiger partial charge >= 0.3 is 0 Å². The molecule has 0 radical (unpaired) electrons. The molecule has 2 aromatic rings. The first-order chi connectivity index (χ1) is 15.3. The number of hydrazine groups is 1. The number of ketones is 1. The van der Waals surface area contributed by atoms with Crippen LogP contribution in [0.5, 0.6) is 0 Å². The average Bonchev–Trinajstić information content (AvgIpc) is 3.02. The van der Waals surface area contributed by atoms with Crippen molar-refractivity contribution in [2.45, 2.75) is 12.8 Å². The lowest BCUT2D eigenvalue weighted by molar-refractivity contribution is -0.154. The first-order valence-electron chi connectivity index (χ1n) is 9.86. The van der Waals surface area contributed by atoms with Gasteiger partial charge in [-0.1, -0.05) is 47.0 Å². The summed E-state index contributed by atoms with van der Waals surface area (Å²) in [4.78, 5) is 52.7. The largest absolute Gasteiger partial charge is 0.292 e. The molecule has 0 unspecified atom stereocenters. The van der Waals surface area contributed by atoms with Crippen LogP contribution in [0.1, 0.15) is 33.6 Å². The van der Waals surface area contributed by atoms with Crippen LogP contribution in [0.3, 0.4) is 0 Å². The molecule has 0 saturated carbocycles. The van der Waals surface area contributed by atoms with Gasteiger partial charge in [0.05, 0.1) is 22.4 Å². The van der Waals surface area contributed by atoms with E-state index < -0.39 is 41.9 Å². The molecule has 0 spiro atoms. The number of Topliss-reactive ketones (excluding diaryl/α,β-unsaturated/α-hetero) is 1. The molecule has 2 atom stereocenters. The van der Waals surface area contributed by atoms with Crippen LogP contribution in [0.25, 0.3) is 0 Å².